The van der Waals surface area contributed by atoms with Gasteiger partial charge in [0.05, 0.1) is 19.3 Å². The van der Waals surface area contributed by atoms with Crippen LogP contribution in [-0.2, 0) is 18.8 Å². The van der Waals surface area contributed by atoms with E-state index in [1.54, 1.807) is 34.6 Å². The molecule has 0 unspecified atom stereocenters. The van der Waals surface area contributed by atoms with Gasteiger partial charge in [-0.15, -0.1) is 0 Å². The van der Waals surface area contributed by atoms with Crippen molar-refractivity contribution in [2.24, 2.45) is 0 Å². The number of rotatable bonds is 7. The molecule has 4 rings (SSSR count). The lowest BCUT2D eigenvalue weighted by Gasteiger charge is -2.15. The Morgan fingerprint density at radius 1 is 1.10 bits per heavy atom. The number of aromatic nitrogens is 4. The maximum atomic E-state index is 14.2. The Morgan fingerprint density at radius 2 is 1.81 bits per heavy atom. The summed E-state index contributed by atoms with van der Waals surface area (Å²) in [7, 11) is 1.60. The van der Waals surface area contributed by atoms with Gasteiger partial charge in [0.25, 0.3) is 5.56 Å². The quantitative estimate of drug-likeness (QED) is 0.316. The first-order valence-electron chi connectivity index (χ1n) is 9.99. The van der Waals surface area contributed by atoms with Crippen molar-refractivity contribution in [1.29, 1.82) is 0 Å². The number of fused-ring (bicyclic) bond motifs is 1. The van der Waals surface area contributed by atoms with Gasteiger partial charge in [0.15, 0.2) is 10.7 Å². The van der Waals surface area contributed by atoms with E-state index in [-0.39, 0.29) is 11.4 Å². The number of aryl methyl sites for hydroxylation is 2. The molecule has 0 spiro atoms. The molecule has 6 nitrogen and oxygen atoms in total. The maximum absolute atomic E-state index is 14.2. The SMILES string of the molecule is CCn1nc(C)c2nc(SCc3ccccc3F)n(Cc3ccccc3OC)c(=O)c21. The summed E-state index contributed by atoms with van der Waals surface area (Å²) in [6.45, 7) is 4.64. The van der Waals surface area contributed by atoms with Crippen LogP contribution in [0.5, 0.6) is 5.75 Å². The van der Waals surface area contributed by atoms with Gasteiger partial charge in [0.1, 0.15) is 17.1 Å². The number of halogens is 1. The molecule has 0 aliphatic carbocycles. The Labute approximate surface area is 183 Å². The smallest absolute Gasteiger partial charge is 0.280 e. The molecule has 0 saturated carbocycles. The van der Waals surface area contributed by atoms with Crippen molar-refractivity contribution in [3.05, 3.63) is 81.5 Å². The zero-order valence-electron chi connectivity index (χ0n) is 17.6. The Bertz CT molecular complexity index is 1300. The fraction of sp³-hybridized carbons (Fsp3) is 0.261. The minimum absolute atomic E-state index is 0.172. The second-order valence-electron chi connectivity index (χ2n) is 7.08. The number of para-hydroxylation sites is 1. The number of benzene rings is 2. The van der Waals surface area contributed by atoms with Crippen LogP contribution in [0.15, 0.2) is 58.5 Å². The molecule has 0 fully saturated rings. The topological polar surface area (TPSA) is 61.9 Å². The average molecular weight is 439 g/mol. The molecule has 0 aliphatic rings. The average Bonchev–Trinajstić information content (AvgIpc) is 3.11. The van der Waals surface area contributed by atoms with E-state index in [4.69, 9.17) is 9.72 Å². The molecule has 0 amide bonds. The van der Waals surface area contributed by atoms with E-state index in [2.05, 4.69) is 5.10 Å². The minimum Gasteiger partial charge on any atom is -0.496 e. The van der Waals surface area contributed by atoms with Crippen LogP contribution in [-0.4, -0.2) is 26.4 Å². The Hall–Kier alpha value is -3.13. The van der Waals surface area contributed by atoms with Gasteiger partial charge in [-0.2, -0.15) is 5.10 Å². The van der Waals surface area contributed by atoms with Crippen LogP contribution in [0.4, 0.5) is 4.39 Å². The van der Waals surface area contributed by atoms with Gasteiger partial charge in [-0.1, -0.05) is 48.2 Å². The molecule has 0 atom stereocenters. The van der Waals surface area contributed by atoms with Crippen molar-refractivity contribution < 1.29 is 9.13 Å². The van der Waals surface area contributed by atoms with Crippen molar-refractivity contribution in [3.63, 3.8) is 0 Å². The van der Waals surface area contributed by atoms with E-state index in [9.17, 15) is 9.18 Å². The molecule has 2 aromatic heterocycles. The van der Waals surface area contributed by atoms with Gasteiger partial charge < -0.3 is 4.74 Å². The van der Waals surface area contributed by atoms with Crippen LogP contribution in [0.25, 0.3) is 11.0 Å². The number of thioether (sulfide) groups is 1. The summed E-state index contributed by atoms with van der Waals surface area (Å²) in [5.74, 6) is 0.779. The molecule has 4 aromatic rings. The lowest BCUT2D eigenvalue weighted by molar-refractivity contribution is 0.407. The lowest BCUT2D eigenvalue weighted by Crippen LogP contribution is -2.26. The van der Waals surface area contributed by atoms with Gasteiger partial charge in [0, 0.05) is 17.9 Å². The van der Waals surface area contributed by atoms with E-state index in [1.165, 1.54) is 17.8 Å². The van der Waals surface area contributed by atoms with Gasteiger partial charge in [-0.3, -0.25) is 14.0 Å². The van der Waals surface area contributed by atoms with Crippen LogP contribution in [0, 0.1) is 12.7 Å². The summed E-state index contributed by atoms with van der Waals surface area (Å²) in [5, 5.41) is 4.99. The third kappa shape index (κ3) is 4.07. The molecule has 0 bridgehead atoms. The van der Waals surface area contributed by atoms with Crippen LogP contribution in [0.1, 0.15) is 23.7 Å². The Kier molecular flexibility index (Phi) is 6.08. The predicted octanol–water partition coefficient (Wildman–Crippen LogP) is 4.41. The molecule has 31 heavy (non-hydrogen) atoms. The molecule has 2 aromatic carbocycles. The van der Waals surface area contributed by atoms with Crippen molar-refractivity contribution in [2.45, 2.75) is 37.8 Å². The molecule has 160 valence electrons. The van der Waals surface area contributed by atoms with E-state index in [0.717, 1.165) is 5.56 Å². The van der Waals surface area contributed by atoms with Crippen molar-refractivity contribution in [3.8, 4) is 5.75 Å². The van der Waals surface area contributed by atoms with Crippen molar-refractivity contribution >= 4 is 22.8 Å². The highest BCUT2D eigenvalue weighted by molar-refractivity contribution is 7.98. The van der Waals surface area contributed by atoms with Gasteiger partial charge >= 0.3 is 0 Å². The first kappa shape index (κ1) is 21.1. The second kappa shape index (κ2) is 8.93. The number of nitrogens with zero attached hydrogens (tertiary/aromatic N) is 4. The molecule has 0 saturated heterocycles. The lowest BCUT2D eigenvalue weighted by atomic mass is 10.2. The maximum Gasteiger partial charge on any atom is 0.280 e. The molecule has 2 heterocycles. The summed E-state index contributed by atoms with van der Waals surface area (Å²) in [5.41, 5.74) is 3.01. The zero-order chi connectivity index (χ0) is 22.0. The third-order valence-corrected chi connectivity index (χ3v) is 6.14. The van der Waals surface area contributed by atoms with Gasteiger partial charge in [-0.05, 0) is 31.5 Å². The summed E-state index contributed by atoms with van der Waals surface area (Å²) >= 11 is 1.34. The summed E-state index contributed by atoms with van der Waals surface area (Å²) < 4.78 is 22.9. The summed E-state index contributed by atoms with van der Waals surface area (Å²) in [4.78, 5) is 18.3. The fourth-order valence-corrected chi connectivity index (χ4v) is 4.51. The summed E-state index contributed by atoms with van der Waals surface area (Å²) in [6.07, 6.45) is 0. The first-order chi connectivity index (χ1) is 15.0. The van der Waals surface area contributed by atoms with Crippen LogP contribution >= 0.6 is 11.8 Å². The van der Waals surface area contributed by atoms with E-state index in [1.807, 2.05) is 38.1 Å². The highest BCUT2D eigenvalue weighted by atomic mass is 32.2. The monoisotopic (exact) mass is 438 g/mol. The standard InChI is InChI=1S/C23H23FN4O2S/c1-4-28-21-20(15(2)26-28)25-23(31-14-17-10-5-7-11-18(17)24)27(22(21)29)13-16-9-6-8-12-19(16)30-3/h5-12H,4,13-14H2,1-3H3. The van der Waals surface area contributed by atoms with Crippen molar-refractivity contribution in [2.75, 3.05) is 7.11 Å². The molecule has 8 heteroatoms. The molecular formula is C23H23FN4O2S. The van der Waals surface area contributed by atoms with Crippen molar-refractivity contribution in [1.82, 2.24) is 19.3 Å². The van der Waals surface area contributed by atoms with E-state index < -0.39 is 0 Å². The van der Waals surface area contributed by atoms with Crippen LogP contribution in [0.3, 0.4) is 0 Å². The fourth-order valence-electron chi connectivity index (χ4n) is 3.53. The number of hydrogen-bond donors (Lipinski definition) is 0. The molecular weight excluding hydrogens is 415 g/mol. The van der Waals surface area contributed by atoms with Crippen LogP contribution < -0.4 is 10.3 Å². The Balaban J connectivity index is 1.84. The van der Waals surface area contributed by atoms with Gasteiger partial charge in [0.2, 0.25) is 0 Å². The normalized spacial score (nSPS) is 11.2. The zero-order valence-corrected chi connectivity index (χ0v) is 18.4. The largest absolute Gasteiger partial charge is 0.496 e. The van der Waals surface area contributed by atoms with E-state index >= 15 is 0 Å². The minimum atomic E-state index is -0.273. The first-order valence-corrected chi connectivity index (χ1v) is 11.0. The highest BCUT2D eigenvalue weighted by Gasteiger charge is 2.19. The summed E-state index contributed by atoms with van der Waals surface area (Å²) in [6, 6.07) is 14.2. The molecule has 0 radical (unpaired) electrons. The number of hydrogen-bond acceptors (Lipinski definition) is 5. The van der Waals surface area contributed by atoms with Gasteiger partial charge in [-0.25, -0.2) is 9.37 Å². The number of methoxy groups -OCH3 is 1. The highest BCUT2D eigenvalue weighted by Crippen LogP contribution is 2.26. The van der Waals surface area contributed by atoms with Crippen LogP contribution in [0.2, 0.25) is 0 Å². The van der Waals surface area contributed by atoms with E-state index in [0.29, 0.717) is 52.0 Å². The Morgan fingerprint density at radius 3 is 2.52 bits per heavy atom. The second-order valence-corrected chi connectivity index (χ2v) is 8.02. The molecule has 0 N–H and O–H groups in total. The molecule has 0 aliphatic heterocycles. The number of ether oxygens (including phenoxy) is 1. The predicted molar refractivity (Wildman–Crippen MR) is 120 cm³/mol. The third-order valence-electron chi connectivity index (χ3n) is 5.12.